The number of rotatable bonds is 3. The van der Waals surface area contributed by atoms with Gasteiger partial charge >= 0.3 is 0 Å². The first-order valence-electron chi connectivity index (χ1n) is 6.89. The smallest absolute Gasteiger partial charge is 0.0649 e. The summed E-state index contributed by atoms with van der Waals surface area (Å²) < 4.78 is 2.01. The van der Waals surface area contributed by atoms with E-state index in [1.54, 1.807) is 0 Å². The molecule has 1 unspecified atom stereocenters. The molecule has 1 saturated heterocycles. The van der Waals surface area contributed by atoms with Gasteiger partial charge in [0.2, 0.25) is 0 Å². The zero-order valence-electron chi connectivity index (χ0n) is 11.1. The molecule has 2 N–H and O–H groups in total. The van der Waals surface area contributed by atoms with E-state index in [-0.39, 0.29) is 0 Å². The van der Waals surface area contributed by atoms with Crippen molar-refractivity contribution in [3.63, 3.8) is 0 Å². The highest BCUT2D eigenvalue weighted by Crippen LogP contribution is 2.15. The van der Waals surface area contributed by atoms with Crippen LogP contribution in [-0.2, 0) is 6.54 Å². The minimum atomic E-state index is 0.321. The van der Waals surface area contributed by atoms with Crippen molar-refractivity contribution < 1.29 is 0 Å². The highest BCUT2D eigenvalue weighted by molar-refractivity contribution is 5.32. The maximum atomic E-state index is 6.04. The van der Waals surface area contributed by atoms with Gasteiger partial charge in [-0.3, -0.25) is 4.90 Å². The number of piperidine rings is 1. The number of aromatic nitrogens is 2. The number of para-hydroxylation sites is 1. The Morgan fingerprint density at radius 3 is 2.84 bits per heavy atom. The summed E-state index contributed by atoms with van der Waals surface area (Å²) in [6.45, 7) is 3.04. The second-order valence-corrected chi connectivity index (χ2v) is 5.21. The summed E-state index contributed by atoms with van der Waals surface area (Å²) in [5.74, 6) is 0. The second-order valence-electron chi connectivity index (χ2n) is 5.21. The van der Waals surface area contributed by atoms with Crippen molar-refractivity contribution in [1.29, 1.82) is 0 Å². The topological polar surface area (TPSA) is 47.1 Å². The standard InChI is InChI=1S/C15H20N4/c16-13-5-4-10-18(11-13)12-15-8-9-17-19(15)14-6-2-1-3-7-14/h1-3,6-9,13H,4-5,10-12,16H2. The first-order valence-corrected chi connectivity index (χ1v) is 6.89. The van der Waals surface area contributed by atoms with Gasteiger partial charge in [-0.05, 0) is 37.6 Å². The normalized spacial score (nSPS) is 20.6. The van der Waals surface area contributed by atoms with E-state index in [1.165, 1.54) is 12.1 Å². The third-order valence-corrected chi connectivity index (χ3v) is 3.65. The molecule has 100 valence electrons. The lowest BCUT2D eigenvalue weighted by molar-refractivity contribution is 0.198. The summed E-state index contributed by atoms with van der Waals surface area (Å²) in [5.41, 5.74) is 8.38. The predicted molar refractivity (Wildman–Crippen MR) is 76.1 cm³/mol. The van der Waals surface area contributed by atoms with Crippen LogP contribution in [0.25, 0.3) is 5.69 Å². The van der Waals surface area contributed by atoms with Crippen LogP contribution in [0.1, 0.15) is 18.5 Å². The van der Waals surface area contributed by atoms with Gasteiger partial charge in [-0.2, -0.15) is 5.10 Å². The zero-order chi connectivity index (χ0) is 13.1. The average molecular weight is 256 g/mol. The third-order valence-electron chi connectivity index (χ3n) is 3.65. The van der Waals surface area contributed by atoms with Crippen molar-refractivity contribution in [3.05, 3.63) is 48.3 Å². The Labute approximate surface area is 113 Å². The van der Waals surface area contributed by atoms with E-state index < -0.39 is 0 Å². The zero-order valence-corrected chi connectivity index (χ0v) is 11.1. The number of nitrogens with two attached hydrogens (primary N) is 1. The molecule has 0 radical (unpaired) electrons. The highest BCUT2D eigenvalue weighted by atomic mass is 15.3. The van der Waals surface area contributed by atoms with Crippen molar-refractivity contribution in [2.75, 3.05) is 13.1 Å². The van der Waals surface area contributed by atoms with Gasteiger partial charge in [0, 0.05) is 25.3 Å². The minimum Gasteiger partial charge on any atom is -0.327 e. The van der Waals surface area contributed by atoms with E-state index in [1.807, 2.05) is 29.1 Å². The molecule has 0 saturated carbocycles. The summed E-state index contributed by atoms with van der Waals surface area (Å²) in [6, 6.07) is 12.7. The van der Waals surface area contributed by atoms with Crippen LogP contribution in [0.15, 0.2) is 42.6 Å². The number of benzene rings is 1. The molecule has 4 heteroatoms. The SMILES string of the molecule is NC1CCCN(Cc2ccnn2-c2ccccc2)C1. The van der Waals surface area contributed by atoms with E-state index in [4.69, 9.17) is 5.73 Å². The largest absolute Gasteiger partial charge is 0.327 e. The van der Waals surface area contributed by atoms with E-state index in [0.29, 0.717) is 6.04 Å². The van der Waals surface area contributed by atoms with Gasteiger partial charge in [-0.1, -0.05) is 18.2 Å². The summed E-state index contributed by atoms with van der Waals surface area (Å²) in [7, 11) is 0. The quantitative estimate of drug-likeness (QED) is 0.911. The maximum absolute atomic E-state index is 6.04. The van der Waals surface area contributed by atoms with Crippen LogP contribution in [0.2, 0.25) is 0 Å². The fraction of sp³-hybridized carbons (Fsp3) is 0.400. The molecule has 0 spiro atoms. The summed E-state index contributed by atoms with van der Waals surface area (Å²) in [6.07, 6.45) is 4.21. The average Bonchev–Trinajstić information content (AvgIpc) is 2.88. The van der Waals surface area contributed by atoms with Crippen LogP contribution in [0.5, 0.6) is 0 Å². The molecule has 0 aliphatic carbocycles. The number of likely N-dealkylation sites (tertiary alicyclic amines) is 1. The van der Waals surface area contributed by atoms with Crippen LogP contribution in [0.4, 0.5) is 0 Å². The number of nitrogens with zero attached hydrogens (tertiary/aromatic N) is 3. The Morgan fingerprint density at radius 1 is 1.21 bits per heavy atom. The third kappa shape index (κ3) is 2.85. The van der Waals surface area contributed by atoms with E-state index in [9.17, 15) is 0 Å². The minimum absolute atomic E-state index is 0.321. The van der Waals surface area contributed by atoms with Crippen LogP contribution in [0, 0.1) is 0 Å². The van der Waals surface area contributed by atoms with Crippen molar-refractivity contribution >= 4 is 0 Å². The predicted octanol–water partition coefficient (Wildman–Crippen LogP) is 1.80. The van der Waals surface area contributed by atoms with Crippen molar-refractivity contribution in [2.24, 2.45) is 5.73 Å². The molecule has 0 amide bonds. The lowest BCUT2D eigenvalue weighted by Crippen LogP contribution is -2.42. The molecule has 2 heterocycles. The first kappa shape index (κ1) is 12.4. The monoisotopic (exact) mass is 256 g/mol. The maximum Gasteiger partial charge on any atom is 0.0649 e. The van der Waals surface area contributed by atoms with Crippen LogP contribution >= 0.6 is 0 Å². The first-order chi connectivity index (χ1) is 9.33. The van der Waals surface area contributed by atoms with Crippen molar-refractivity contribution in [2.45, 2.75) is 25.4 Å². The molecular weight excluding hydrogens is 236 g/mol. The summed E-state index contributed by atoms with van der Waals surface area (Å²) in [5, 5.41) is 4.43. The Bertz CT molecular complexity index is 520. The molecule has 1 aliphatic rings. The fourth-order valence-corrected chi connectivity index (χ4v) is 2.72. The molecular formula is C15H20N4. The Hall–Kier alpha value is -1.65. The van der Waals surface area contributed by atoms with Gasteiger partial charge in [0.1, 0.15) is 0 Å². The molecule has 0 bridgehead atoms. The van der Waals surface area contributed by atoms with Gasteiger partial charge in [-0.15, -0.1) is 0 Å². The van der Waals surface area contributed by atoms with Crippen molar-refractivity contribution in [1.82, 2.24) is 14.7 Å². The molecule has 4 nitrogen and oxygen atoms in total. The molecule has 1 atom stereocenters. The molecule has 1 aliphatic heterocycles. The molecule has 19 heavy (non-hydrogen) atoms. The second kappa shape index (κ2) is 5.55. The van der Waals surface area contributed by atoms with Crippen LogP contribution < -0.4 is 5.73 Å². The van der Waals surface area contributed by atoms with Crippen molar-refractivity contribution in [3.8, 4) is 5.69 Å². The van der Waals surface area contributed by atoms with E-state index >= 15 is 0 Å². The van der Waals surface area contributed by atoms with E-state index in [0.717, 1.165) is 31.7 Å². The van der Waals surface area contributed by atoms with Gasteiger partial charge in [0.15, 0.2) is 0 Å². The fourth-order valence-electron chi connectivity index (χ4n) is 2.72. The highest BCUT2D eigenvalue weighted by Gasteiger charge is 2.18. The van der Waals surface area contributed by atoms with Crippen LogP contribution in [-0.4, -0.2) is 33.8 Å². The molecule has 2 aromatic rings. The summed E-state index contributed by atoms with van der Waals surface area (Å²) in [4.78, 5) is 2.42. The molecule has 1 aromatic carbocycles. The Morgan fingerprint density at radius 2 is 2.05 bits per heavy atom. The lowest BCUT2D eigenvalue weighted by Gasteiger charge is -2.30. The van der Waals surface area contributed by atoms with Gasteiger partial charge in [0.25, 0.3) is 0 Å². The lowest BCUT2D eigenvalue weighted by atomic mass is 10.1. The van der Waals surface area contributed by atoms with E-state index in [2.05, 4.69) is 28.2 Å². The van der Waals surface area contributed by atoms with Crippen LogP contribution in [0.3, 0.4) is 0 Å². The number of hydrogen-bond acceptors (Lipinski definition) is 3. The molecule has 1 fully saturated rings. The molecule has 1 aromatic heterocycles. The van der Waals surface area contributed by atoms with Gasteiger partial charge in [0.05, 0.1) is 11.4 Å². The number of hydrogen-bond donors (Lipinski definition) is 1. The Balaban J connectivity index is 1.77. The summed E-state index contributed by atoms with van der Waals surface area (Å²) >= 11 is 0. The van der Waals surface area contributed by atoms with Gasteiger partial charge < -0.3 is 5.73 Å². The Kier molecular flexibility index (Phi) is 3.62. The molecule has 3 rings (SSSR count). The van der Waals surface area contributed by atoms with Gasteiger partial charge in [-0.25, -0.2) is 4.68 Å².